The van der Waals surface area contributed by atoms with Crippen LogP contribution in [0.25, 0.3) is 5.57 Å². The van der Waals surface area contributed by atoms with Crippen molar-refractivity contribution >= 4 is 34.7 Å². The summed E-state index contributed by atoms with van der Waals surface area (Å²) < 4.78 is 17.9. The van der Waals surface area contributed by atoms with Crippen molar-refractivity contribution in [3.8, 4) is 23.1 Å². The third-order valence-corrected chi connectivity index (χ3v) is 10.0. The van der Waals surface area contributed by atoms with Crippen LogP contribution in [0.3, 0.4) is 0 Å². The predicted octanol–water partition coefficient (Wildman–Crippen LogP) is 10.5. The number of rotatable bonds is 13. The molecule has 0 bridgehead atoms. The summed E-state index contributed by atoms with van der Waals surface area (Å²) in [5, 5.41) is 1.09. The number of benzene rings is 4. The molecular weight excluding hydrogens is 705 g/mol. The first kappa shape index (κ1) is 37.9. The van der Waals surface area contributed by atoms with Crippen molar-refractivity contribution in [2.45, 2.75) is 53.4 Å². The third kappa shape index (κ3) is 10.4. The summed E-state index contributed by atoms with van der Waals surface area (Å²) in [4.78, 5) is 22.0. The van der Waals surface area contributed by atoms with E-state index in [4.69, 9.17) is 37.4 Å². The van der Waals surface area contributed by atoms with E-state index in [1.54, 1.807) is 24.4 Å². The summed E-state index contributed by atoms with van der Waals surface area (Å²) in [5.41, 5.74) is 7.12. The summed E-state index contributed by atoms with van der Waals surface area (Å²) in [7, 11) is 0. The van der Waals surface area contributed by atoms with Crippen LogP contribution in [0.1, 0.15) is 60.1 Å². The number of halogens is 2. The SMILES string of the molecule is CC(=CC(=O)N1CCN(Cc2ccc(COc3ccc(C(C)C)cc3)cc2)CC1)c1cc(C)c(Oc2ccc(OCc3ccccc3Cl)cn2)c(Cl)c1. The van der Waals surface area contributed by atoms with Crippen LogP contribution in [0, 0.1) is 6.92 Å². The van der Waals surface area contributed by atoms with E-state index in [1.807, 2.05) is 67.3 Å². The molecule has 7 nitrogen and oxygen atoms in total. The summed E-state index contributed by atoms with van der Waals surface area (Å²) in [6.07, 6.45) is 3.30. The Morgan fingerprint density at radius 1 is 0.811 bits per heavy atom. The van der Waals surface area contributed by atoms with Gasteiger partial charge in [0.25, 0.3) is 0 Å². The highest BCUT2D eigenvalue weighted by Crippen LogP contribution is 2.35. The molecule has 9 heteroatoms. The van der Waals surface area contributed by atoms with Gasteiger partial charge in [0, 0.05) is 55.5 Å². The molecule has 0 N–H and O–H groups in total. The second-order valence-electron chi connectivity index (χ2n) is 13.7. The van der Waals surface area contributed by atoms with E-state index < -0.39 is 0 Å². The Labute approximate surface area is 322 Å². The smallest absolute Gasteiger partial charge is 0.246 e. The molecule has 4 aromatic carbocycles. The largest absolute Gasteiger partial charge is 0.489 e. The Kier molecular flexibility index (Phi) is 12.7. The van der Waals surface area contributed by atoms with Gasteiger partial charge in [0.1, 0.15) is 24.7 Å². The van der Waals surface area contributed by atoms with E-state index in [0.717, 1.165) is 53.2 Å². The van der Waals surface area contributed by atoms with Crippen LogP contribution >= 0.6 is 23.2 Å². The number of carbonyl (C=O) groups excluding carboxylic acids is 1. The molecule has 0 aliphatic carbocycles. The van der Waals surface area contributed by atoms with Gasteiger partial charge in [0.2, 0.25) is 11.8 Å². The van der Waals surface area contributed by atoms with Gasteiger partial charge < -0.3 is 19.1 Å². The molecular formula is C44H45Cl2N3O4. The first-order valence-corrected chi connectivity index (χ1v) is 18.7. The van der Waals surface area contributed by atoms with Crippen LogP contribution in [0.4, 0.5) is 0 Å². The summed E-state index contributed by atoms with van der Waals surface area (Å²) >= 11 is 12.9. The molecule has 6 rings (SSSR count). The number of hydrogen-bond donors (Lipinski definition) is 0. The van der Waals surface area contributed by atoms with Crippen molar-refractivity contribution in [2.24, 2.45) is 0 Å². The average molecular weight is 751 g/mol. The topological polar surface area (TPSA) is 64.1 Å². The Morgan fingerprint density at radius 3 is 2.15 bits per heavy atom. The van der Waals surface area contributed by atoms with Crippen LogP contribution in [0.5, 0.6) is 23.1 Å². The van der Waals surface area contributed by atoms with Gasteiger partial charge in [-0.2, -0.15) is 0 Å². The molecule has 1 aromatic heterocycles. The average Bonchev–Trinajstić information content (AvgIpc) is 3.16. The zero-order valence-electron chi connectivity index (χ0n) is 30.6. The Balaban J connectivity index is 0.963. The van der Waals surface area contributed by atoms with Crippen molar-refractivity contribution < 1.29 is 19.0 Å². The molecule has 0 unspecified atom stereocenters. The van der Waals surface area contributed by atoms with E-state index in [-0.39, 0.29) is 5.91 Å². The van der Waals surface area contributed by atoms with Gasteiger partial charge in [-0.3, -0.25) is 9.69 Å². The minimum atomic E-state index is 0.000458. The number of ether oxygens (including phenoxy) is 3. The maximum absolute atomic E-state index is 13.3. The van der Waals surface area contributed by atoms with E-state index in [0.29, 0.717) is 59.6 Å². The van der Waals surface area contributed by atoms with E-state index in [9.17, 15) is 4.79 Å². The van der Waals surface area contributed by atoms with Crippen molar-refractivity contribution in [1.29, 1.82) is 0 Å². The number of aromatic nitrogens is 1. The highest BCUT2D eigenvalue weighted by Gasteiger charge is 2.21. The van der Waals surface area contributed by atoms with Crippen molar-refractivity contribution in [3.63, 3.8) is 0 Å². The molecule has 0 saturated carbocycles. The molecule has 0 radical (unpaired) electrons. The molecule has 1 amide bonds. The second kappa shape index (κ2) is 17.8. The normalized spacial score (nSPS) is 13.6. The lowest BCUT2D eigenvalue weighted by atomic mass is 10.0. The number of allylic oxidation sites excluding steroid dienone is 1. The lowest BCUT2D eigenvalue weighted by molar-refractivity contribution is -0.127. The van der Waals surface area contributed by atoms with E-state index >= 15 is 0 Å². The lowest BCUT2D eigenvalue weighted by Gasteiger charge is -2.34. The van der Waals surface area contributed by atoms with Gasteiger partial charge in [-0.1, -0.05) is 91.6 Å². The summed E-state index contributed by atoms with van der Waals surface area (Å²) in [5.74, 6) is 2.88. The number of carbonyl (C=O) groups is 1. The maximum atomic E-state index is 13.3. The number of pyridine rings is 1. The van der Waals surface area contributed by atoms with E-state index in [2.05, 4.69) is 60.1 Å². The number of piperazine rings is 1. The fourth-order valence-electron chi connectivity index (χ4n) is 6.08. The van der Waals surface area contributed by atoms with Crippen molar-refractivity contribution in [3.05, 3.63) is 153 Å². The van der Waals surface area contributed by atoms with Crippen molar-refractivity contribution in [2.75, 3.05) is 26.2 Å². The van der Waals surface area contributed by atoms with Gasteiger partial charge in [-0.25, -0.2) is 4.98 Å². The highest BCUT2D eigenvalue weighted by molar-refractivity contribution is 6.32. The molecule has 2 heterocycles. The molecule has 53 heavy (non-hydrogen) atoms. The Morgan fingerprint density at radius 2 is 1.49 bits per heavy atom. The van der Waals surface area contributed by atoms with Crippen LogP contribution in [0.2, 0.25) is 10.0 Å². The van der Waals surface area contributed by atoms with Gasteiger partial charge >= 0.3 is 0 Å². The van der Waals surface area contributed by atoms with Crippen LogP contribution < -0.4 is 14.2 Å². The molecule has 0 spiro atoms. The molecule has 1 saturated heterocycles. The number of hydrogen-bond acceptors (Lipinski definition) is 6. The molecule has 1 aliphatic heterocycles. The van der Waals surface area contributed by atoms with Crippen LogP contribution in [-0.4, -0.2) is 46.9 Å². The second-order valence-corrected chi connectivity index (χ2v) is 14.5. The van der Waals surface area contributed by atoms with Gasteiger partial charge in [0.05, 0.1) is 11.2 Å². The monoisotopic (exact) mass is 749 g/mol. The number of nitrogens with zero attached hydrogens (tertiary/aromatic N) is 3. The van der Waals surface area contributed by atoms with Crippen LogP contribution in [-0.2, 0) is 24.6 Å². The quantitative estimate of drug-likeness (QED) is 0.112. The predicted molar refractivity (Wildman–Crippen MR) is 213 cm³/mol. The molecule has 5 aromatic rings. The third-order valence-electron chi connectivity index (χ3n) is 9.36. The van der Waals surface area contributed by atoms with Crippen molar-refractivity contribution in [1.82, 2.24) is 14.8 Å². The molecule has 1 fully saturated rings. The molecule has 0 atom stereocenters. The van der Waals surface area contributed by atoms with Gasteiger partial charge in [-0.05, 0) is 89.6 Å². The van der Waals surface area contributed by atoms with Gasteiger partial charge in [-0.15, -0.1) is 0 Å². The molecule has 1 aliphatic rings. The zero-order chi connectivity index (χ0) is 37.3. The number of aryl methyl sites for hydroxylation is 1. The van der Waals surface area contributed by atoms with Gasteiger partial charge in [0.15, 0.2) is 5.75 Å². The fraction of sp³-hybridized carbons (Fsp3) is 0.273. The fourth-order valence-corrected chi connectivity index (χ4v) is 6.58. The maximum Gasteiger partial charge on any atom is 0.246 e. The van der Waals surface area contributed by atoms with E-state index in [1.165, 1.54) is 11.1 Å². The molecule has 274 valence electrons. The minimum Gasteiger partial charge on any atom is -0.489 e. The standard InChI is InChI=1S/C44H45Cl2N3O4/c1-30(2)35-13-15-38(16-14-35)51-28-34-11-9-33(10-12-34)27-48-19-21-49(22-20-48)43(50)24-31(3)37-23-32(4)44(41(46)25-37)53-42-18-17-39(26-47-42)52-29-36-7-5-6-8-40(36)45/h5-18,23-26,30H,19-22,27-29H2,1-4H3. The Hall–Kier alpha value is -4.82. The Bertz CT molecular complexity index is 2000. The first-order valence-electron chi connectivity index (χ1n) is 17.9. The van der Waals surface area contributed by atoms with Crippen LogP contribution in [0.15, 0.2) is 109 Å². The number of amides is 1. The summed E-state index contributed by atoms with van der Waals surface area (Å²) in [6, 6.07) is 31.8. The highest BCUT2D eigenvalue weighted by atomic mass is 35.5. The zero-order valence-corrected chi connectivity index (χ0v) is 32.2. The lowest BCUT2D eigenvalue weighted by Crippen LogP contribution is -2.47. The summed E-state index contributed by atoms with van der Waals surface area (Å²) in [6.45, 7) is 12.9. The first-order chi connectivity index (χ1) is 25.6. The minimum absolute atomic E-state index is 0.000458.